The number of anilines is 1. The quantitative estimate of drug-likeness (QED) is 0.301. The van der Waals surface area contributed by atoms with Gasteiger partial charge in [0, 0.05) is 23.5 Å². The predicted molar refractivity (Wildman–Crippen MR) is 155 cm³/mol. The van der Waals surface area contributed by atoms with Crippen molar-refractivity contribution >= 4 is 29.3 Å². The van der Waals surface area contributed by atoms with Gasteiger partial charge in [0.2, 0.25) is 5.91 Å². The lowest BCUT2D eigenvalue weighted by Gasteiger charge is -2.29. The molecule has 2 amide bonds. The Bertz CT molecular complexity index is 1540. The van der Waals surface area contributed by atoms with Crippen molar-refractivity contribution < 1.29 is 19.1 Å². The number of nitrogens with zero attached hydrogens (tertiary/aromatic N) is 4. The van der Waals surface area contributed by atoms with Gasteiger partial charge in [-0.2, -0.15) is 0 Å². The Labute approximate surface area is 237 Å². The fourth-order valence-corrected chi connectivity index (χ4v) is 5.62. The molecular formula is C30H31N5O4S. The molecule has 1 aromatic heterocycles. The third-order valence-electron chi connectivity index (χ3n) is 6.75. The molecule has 0 atom stereocenters. The van der Waals surface area contributed by atoms with E-state index in [9.17, 15) is 9.59 Å². The van der Waals surface area contributed by atoms with Crippen molar-refractivity contribution in [3.8, 4) is 17.2 Å². The van der Waals surface area contributed by atoms with Crippen LogP contribution in [0.3, 0.4) is 0 Å². The molecule has 206 valence electrons. The van der Waals surface area contributed by atoms with E-state index in [-0.39, 0.29) is 24.1 Å². The maximum atomic E-state index is 13.3. The van der Waals surface area contributed by atoms with E-state index < -0.39 is 0 Å². The average Bonchev–Trinajstić information content (AvgIpc) is 3.40. The number of fused-ring (bicyclic) bond motifs is 1. The summed E-state index contributed by atoms with van der Waals surface area (Å²) in [6, 6.07) is 21.0. The summed E-state index contributed by atoms with van der Waals surface area (Å²) in [6.45, 7) is 2.85. The van der Waals surface area contributed by atoms with Gasteiger partial charge in [0.15, 0.2) is 22.5 Å². The van der Waals surface area contributed by atoms with Crippen LogP contribution in [0.1, 0.15) is 33.7 Å². The molecule has 0 fully saturated rings. The number of methoxy groups -OCH3 is 2. The smallest absolute Gasteiger partial charge is 0.251 e. The fourth-order valence-electron chi connectivity index (χ4n) is 4.77. The number of amides is 2. The van der Waals surface area contributed by atoms with E-state index in [0.717, 1.165) is 29.8 Å². The molecule has 5 rings (SSSR count). The van der Waals surface area contributed by atoms with E-state index in [1.54, 1.807) is 25.3 Å². The van der Waals surface area contributed by atoms with Crippen LogP contribution in [0, 0.1) is 6.92 Å². The van der Waals surface area contributed by atoms with Gasteiger partial charge < -0.3 is 19.7 Å². The Balaban J connectivity index is 1.35. The highest BCUT2D eigenvalue weighted by Gasteiger charge is 2.24. The largest absolute Gasteiger partial charge is 0.493 e. The number of benzene rings is 3. The maximum absolute atomic E-state index is 13.3. The van der Waals surface area contributed by atoms with E-state index >= 15 is 0 Å². The summed E-state index contributed by atoms with van der Waals surface area (Å²) in [7, 11) is 3.07. The van der Waals surface area contributed by atoms with E-state index in [2.05, 4.69) is 21.6 Å². The van der Waals surface area contributed by atoms with E-state index in [1.165, 1.54) is 24.4 Å². The first kappa shape index (κ1) is 27.3. The number of para-hydroxylation sites is 1. The highest BCUT2D eigenvalue weighted by molar-refractivity contribution is 7.99. The highest BCUT2D eigenvalue weighted by atomic mass is 32.2. The molecule has 0 bridgehead atoms. The first-order valence-electron chi connectivity index (χ1n) is 13.0. The molecule has 1 aliphatic rings. The van der Waals surface area contributed by atoms with Crippen molar-refractivity contribution in [2.75, 3.05) is 31.4 Å². The summed E-state index contributed by atoms with van der Waals surface area (Å²) in [6.07, 6.45) is 1.92. The SMILES string of the molecule is COc1ccc(C(=O)NCc2nnc(SCC(=O)N3CCCc4ccccc43)n2-c2cccc(C)c2)cc1OC. The molecule has 40 heavy (non-hydrogen) atoms. The minimum atomic E-state index is -0.284. The van der Waals surface area contributed by atoms with Crippen molar-refractivity contribution in [1.82, 2.24) is 20.1 Å². The van der Waals surface area contributed by atoms with Crippen LogP contribution in [-0.4, -0.2) is 53.1 Å². The van der Waals surface area contributed by atoms with Gasteiger partial charge in [0.1, 0.15) is 0 Å². The zero-order valence-electron chi connectivity index (χ0n) is 22.7. The van der Waals surface area contributed by atoms with Gasteiger partial charge in [-0.25, -0.2) is 0 Å². The molecule has 1 N–H and O–H groups in total. The Morgan fingerprint density at radius 1 is 0.975 bits per heavy atom. The molecule has 0 unspecified atom stereocenters. The van der Waals surface area contributed by atoms with Crippen LogP contribution in [0.15, 0.2) is 71.9 Å². The summed E-state index contributed by atoms with van der Waals surface area (Å²) in [5.74, 6) is 1.53. The summed E-state index contributed by atoms with van der Waals surface area (Å²) in [5, 5.41) is 12.3. The number of nitrogens with one attached hydrogen (secondary N) is 1. The van der Waals surface area contributed by atoms with Crippen molar-refractivity contribution in [3.05, 3.63) is 89.2 Å². The summed E-state index contributed by atoms with van der Waals surface area (Å²) < 4.78 is 12.5. The number of thioether (sulfide) groups is 1. The zero-order valence-corrected chi connectivity index (χ0v) is 23.5. The molecule has 0 radical (unpaired) electrons. The summed E-state index contributed by atoms with van der Waals surface area (Å²) in [4.78, 5) is 28.1. The Morgan fingerprint density at radius 3 is 2.60 bits per heavy atom. The number of ether oxygens (including phenoxy) is 2. The van der Waals surface area contributed by atoms with Gasteiger partial charge in [0.05, 0.1) is 26.5 Å². The van der Waals surface area contributed by atoms with E-state index in [4.69, 9.17) is 9.47 Å². The molecular weight excluding hydrogens is 526 g/mol. The van der Waals surface area contributed by atoms with Gasteiger partial charge in [-0.15, -0.1) is 10.2 Å². The molecule has 0 spiro atoms. The lowest BCUT2D eigenvalue weighted by Crippen LogP contribution is -2.36. The third kappa shape index (κ3) is 5.81. The average molecular weight is 558 g/mol. The maximum Gasteiger partial charge on any atom is 0.251 e. The second-order valence-corrected chi connectivity index (χ2v) is 10.3. The molecule has 1 aliphatic heterocycles. The monoisotopic (exact) mass is 557 g/mol. The van der Waals surface area contributed by atoms with Gasteiger partial charge >= 0.3 is 0 Å². The second-order valence-electron chi connectivity index (χ2n) is 9.39. The standard InChI is InChI=1S/C30H31N5O4S/c1-20-8-6-11-23(16-20)35-27(18-31-29(37)22-13-14-25(38-2)26(17-22)39-3)32-33-30(35)40-19-28(36)34-15-7-10-21-9-4-5-12-24(21)34/h4-6,8-9,11-14,16-17H,7,10,15,18-19H2,1-3H3,(H,31,37). The second kappa shape index (κ2) is 12.3. The molecule has 0 saturated heterocycles. The molecule has 0 aliphatic carbocycles. The molecule has 9 nitrogen and oxygen atoms in total. The van der Waals surface area contributed by atoms with Gasteiger partial charge in [-0.3, -0.25) is 14.2 Å². The van der Waals surface area contributed by atoms with Crippen molar-refractivity contribution in [3.63, 3.8) is 0 Å². The number of aromatic nitrogens is 3. The first-order chi connectivity index (χ1) is 19.5. The third-order valence-corrected chi connectivity index (χ3v) is 7.66. The fraction of sp³-hybridized carbons (Fsp3) is 0.267. The molecule has 3 aromatic carbocycles. The van der Waals surface area contributed by atoms with Gasteiger partial charge in [-0.1, -0.05) is 42.1 Å². The number of carbonyl (C=O) groups excluding carboxylic acids is 2. The van der Waals surface area contributed by atoms with Crippen LogP contribution in [0.25, 0.3) is 5.69 Å². The minimum absolute atomic E-state index is 0.0271. The number of aryl methyl sites for hydroxylation is 2. The zero-order chi connectivity index (χ0) is 28.1. The topological polar surface area (TPSA) is 98.6 Å². The van der Waals surface area contributed by atoms with Gasteiger partial charge in [-0.05, 0) is 67.3 Å². The van der Waals surface area contributed by atoms with Crippen LogP contribution >= 0.6 is 11.8 Å². The van der Waals surface area contributed by atoms with Gasteiger partial charge in [0.25, 0.3) is 5.91 Å². The molecule has 10 heteroatoms. The number of hydrogen-bond acceptors (Lipinski definition) is 7. The minimum Gasteiger partial charge on any atom is -0.493 e. The number of hydrogen-bond donors (Lipinski definition) is 1. The van der Waals surface area contributed by atoms with Crippen LogP contribution < -0.4 is 19.7 Å². The van der Waals surface area contributed by atoms with Crippen LogP contribution in [0.4, 0.5) is 5.69 Å². The lowest BCUT2D eigenvalue weighted by molar-refractivity contribution is -0.116. The highest BCUT2D eigenvalue weighted by Crippen LogP contribution is 2.30. The normalized spacial score (nSPS) is 12.5. The first-order valence-corrected chi connectivity index (χ1v) is 14.0. The Hall–Kier alpha value is -4.31. The summed E-state index contributed by atoms with van der Waals surface area (Å²) >= 11 is 1.34. The number of rotatable bonds is 9. The van der Waals surface area contributed by atoms with Crippen LogP contribution in [0.2, 0.25) is 0 Å². The van der Waals surface area contributed by atoms with Crippen LogP contribution in [0.5, 0.6) is 11.5 Å². The van der Waals surface area contributed by atoms with Crippen molar-refractivity contribution in [1.29, 1.82) is 0 Å². The van der Waals surface area contributed by atoms with E-state index in [0.29, 0.717) is 34.6 Å². The Morgan fingerprint density at radius 2 is 1.80 bits per heavy atom. The van der Waals surface area contributed by atoms with E-state index in [1.807, 2.05) is 58.9 Å². The molecule has 2 heterocycles. The van der Waals surface area contributed by atoms with Crippen LogP contribution in [-0.2, 0) is 17.8 Å². The van der Waals surface area contributed by atoms with Crippen molar-refractivity contribution in [2.24, 2.45) is 0 Å². The number of carbonyl (C=O) groups is 2. The lowest BCUT2D eigenvalue weighted by atomic mass is 10.0. The van der Waals surface area contributed by atoms with Crippen molar-refractivity contribution in [2.45, 2.75) is 31.5 Å². The molecule has 0 saturated carbocycles. The molecule has 4 aromatic rings. The predicted octanol–water partition coefficient (Wildman–Crippen LogP) is 4.59. The summed E-state index contributed by atoms with van der Waals surface area (Å²) in [5.41, 5.74) is 4.55. The Kier molecular flexibility index (Phi) is 8.35.